The van der Waals surface area contributed by atoms with E-state index in [-0.39, 0.29) is 30.7 Å². The lowest BCUT2D eigenvalue weighted by Gasteiger charge is -2.31. The van der Waals surface area contributed by atoms with E-state index in [1.54, 1.807) is 14.1 Å². The summed E-state index contributed by atoms with van der Waals surface area (Å²) in [5.74, 6) is 0.561. The summed E-state index contributed by atoms with van der Waals surface area (Å²) in [5, 5.41) is 2.94. The minimum absolute atomic E-state index is 0.0487. The maximum absolute atomic E-state index is 12.1. The van der Waals surface area contributed by atoms with Crippen molar-refractivity contribution in [1.82, 2.24) is 20.2 Å². The lowest BCUT2D eigenvalue weighted by atomic mass is 9.95. The Bertz CT molecular complexity index is 656. The summed E-state index contributed by atoms with van der Waals surface area (Å²) in [6, 6.07) is 0.316. The number of aromatic nitrogens is 2. The number of hydrogen-bond acceptors (Lipinski definition) is 5. The smallest absolute Gasteiger partial charge is 0.225 e. The van der Waals surface area contributed by atoms with Crippen LogP contribution < -0.4 is 10.2 Å². The predicted octanol–water partition coefficient (Wildman–Crippen LogP) is 2.60. The molecule has 150 valence electrons. The van der Waals surface area contributed by atoms with Crippen molar-refractivity contribution in [3.05, 3.63) is 17.5 Å². The quantitative estimate of drug-likeness (QED) is 0.792. The van der Waals surface area contributed by atoms with Gasteiger partial charge < -0.3 is 15.1 Å². The van der Waals surface area contributed by atoms with Gasteiger partial charge in [-0.1, -0.05) is 19.3 Å². The monoisotopic (exact) mass is 375 g/mol. The highest BCUT2D eigenvalue weighted by Crippen LogP contribution is 2.25. The number of hydrogen-bond donors (Lipinski definition) is 1. The maximum Gasteiger partial charge on any atom is 0.225 e. The topological polar surface area (TPSA) is 78.4 Å². The molecule has 0 unspecified atom stereocenters. The number of anilines is 1. The zero-order chi connectivity index (χ0) is 20.0. The average molecular weight is 376 g/mol. The van der Waals surface area contributed by atoms with Crippen molar-refractivity contribution in [2.75, 3.05) is 26.0 Å². The van der Waals surface area contributed by atoms with Crippen LogP contribution in [0.15, 0.2) is 6.20 Å². The van der Waals surface area contributed by atoms with Gasteiger partial charge in [-0.25, -0.2) is 9.97 Å². The highest BCUT2D eigenvalue weighted by Gasteiger charge is 2.21. The van der Waals surface area contributed by atoms with E-state index in [0.717, 1.165) is 17.2 Å². The van der Waals surface area contributed by atoms with Gasteiger partial charge in [0.2, 0.25) is 17.8 Å². The first-order valence-electron chi connectivity index (χ1n) is 9.85. The molecule has 1 fully saturated rings. The average Bonchev–Trinajstić information content (AvgIpc) is 2.65. The SMILES string of the molecule is Cc1nc(N(C)C2CCCCC2)ncc1[C@H](C)NC(=O)CCC(=O)N(C)C. The van der Waals surface area contributed by atoms with E-state index in [4.69, 9.17) is 0 Å². The zero-order valence-corrected chi connectivity index (χ0v) is 17.3. The van der Waals surface area contributed by atoms with E-state index >= 15 is 0 Å². The van der Waals surface area contributed by atoms with Crippen LogP contribution >= 0.6 is 0 Å². The fourth-order valence-electron chi connectivity index (χ4n) is 3.53. The summed E-state index contributed by atoms with van der Waals surface area (Å²) < 4.78 is 0. The molecule has 0 aromatic carbocycles. The van der Waals surface area contributed by atoms with Crippen molar-refractivity contribution < 1.29 is 9.59 Å². The molecule has 1 heterocycles. The molecule has 0 aliphatic heterocycles. The predicted molar refractivity (Wildman–Crippen MR) is 107 cm³/mol. The Morgan fingerprint density at radius 2 is 1.85 bits per heavy atom. The molecule has 7 heteroatoms. The molecule has 1 atom stereocenters. The van der Waals surface area contributed by atoms with Crippen LogP contribution in [0.3, 0.4) is 0 Å². The number of nitrogens with one attached hydrogen (secondary N) is 1. The molecule has 1 aliphatic carbocycles. The molecule has 0 saturated heterocycles. The lowest BCUT2D eigenvalue weighted by Crippen LogP contribution is -2.35. The molecular weight excluding hydrogens is 342 g/mol. The van der Waals surface area contributed by atoms with Gasteiger partial charge in [0.15, 0.2) is 0 Å². The third-order valence-electron chi connectivity index (χ3n) is 5.35. The van der Waals surface area contributed by atoms with E-state index in [2.05, 4.69) is 27.2 Å². The third-order valence-corrected chi connectivity index (χ3v) is 5.35. The third kappa shape index (κ3) is 5.91. The number of carbonyl (C=O) groups excluding carboxylic acids is 2. The van der Waals surface area contributed by atoms with Crippen LogP contribution in [0.25, 0.3) is 0 Å². The summed E-state index contributed by atoms with van der Waals surface area (Å²) >= 11 is 0. The summed E-state index contributed by atoms with van der Waals surface area (Å²) in [6.07, 6.45) is 8.46. The Balaban J connectivity index is 1.95. The van der Waals surface area contributed by atoms with Gasteiger partial charge in [0.25, 0.3) is 0 Å². The first kappa shape index (κ1) is 21.1. The standard InChI is InChI=1S/C20H33N5O2/c1-14(22-18(26)11-12-19(27)24(3)4)17-13-21-20(23-15(17)2)25(5)16-9-7-6-8-10-16/h13-14,16H,6-12H2,1-5H3,(H,22,26)/t14-/m0/s1. The molecular formula is C20H33N5O2. The van der Waals surface area contributed by atoms with Gasteiger partial charge in [0, 0.05) is 57.5 Å². The van der Waals surface area contributed by atoms with Crippen molar-refractivity contribution in [3.63, 3.8) is 0 Å². The lowest BCUT2D eigenvalue weighted by molar-refractivity contribution is -0.131. The molecule has 2 amide bonds. The van der Waals surface area contributed by atoms with E-state index in [1.165, 1.54) is 37.0 Å². The largest absolute Gasteiger partial charge is 0.349 e. The molecule has 27 heavy (non-hydrogen) atoms. The van der Waals surface area contributed by atoms with Crippen molar-refractivity contribution in [1.29, 1.82) is 0 Å². The maximum atomic E-state index is 12.1. The van der Waals surface area contributed by atoms with Crippen LogP contribution in [0.1, 0.15) is 69.2 Å². The Labute approximate surface area is 162 Å². The first-order chi connectivity index (χ1) is 12.8. The van der Waals surface area contributed by atoms with Gasteiger partial charge in [0.1, 0.15) is 0 Å². The number of amides is 2. The van der Waals surface area contributed by atoms with Crippen molar-refractivity contribution in [2.45, 2.75) is 70.9 Å². The zero-order valence-electron chi connectivity index (χ0n) is 17.3. The van der Waals surface area contributed by atoms with Crippen molar-refractivity contribution in [3.8, 4) is 0 Å². The van der Waals surface area contributed by atoms with Gasteiger partial charge in [-0.15, -0.1) is 0 Å². The van der Waals surface area contributed by atoms with Crippen LogP contribution in [0.4, 0.5) is 5.95 Å². The summed E-state index contributed by atoms with van der Waals surface area (Å²) in [7, 11) is 5.45. The van der Waals surface area contributed by atoms with Crippen LogP contribution in [0.2, 0.25) is 0 Å². The molecule has 1 aliphatic rings. The highest BCUT2D eigenvalue weighted by molar-refractivity contribution is 5.83. The first-order valence-corrected chi connectivity index (χ1v) is 9.85. The number of rotatable bonds is 7. The number of carbonyl (C=O) groups is 2. The molecule has 7 nitrogen and oxygen atoms in total. The molecule has 0 radical (unpaired) electrons. The molecule has 1 saturated carbocycles. The van der Waals surface area contributed by atoms with Gasteiger partial charge in [-0.3, -0.25) is 9.59 Å². The molecule has 0 bridgehead atoms. The summed E-state index contributed by atoms with van der Waals surface area (Å²) in [6.45, 7) is 3.87. The Morgan fingerprint density at radius 1 is 1.19 bits per heavy atom. The van der Waals surface area contributed by atoms with E-state index in [1.807, 2.05) is 20.0 Å². The number of aryl methyl sites for hydroxylation is 1. The second-order valence-corrected chi connectivity index (χ2v) is 7.69. The second-order valence-electron chi connectivity index (χ2n) is 7.69. The summed E-state index contributed by atoms with van der Waals surface area (Å²) in [4.78, 5) is 36.6. The van der Waals surface area contributed by atoms with E-state index < -0.39 is 0 Å². The minimum Gasteiger partial charge on any atom is -0.349 e. The Morgan fingerprint density at radius 3 is 2.44 bits per heavy atom. The normalized spacial score (nSPS) is 15.9. The van der Waals surface area contributed by atoms with E-state index in [0.29, 0.717) is 6.04 Å². The van der Waals surface area contributed by atoms with E-state index in [9.17, 15) is 9.59 Å². The molecule has 1 aromatic rings. The fourth-order valence-corrected chi connectivity index (χ4v) is 3.53. The number of nitrogens with zero attached hydrogens (tertiary/aromatic N) is 4. The van der Waals surface area contributed by atoms with Crippen LogP contribution in [-0.4, -0.2) is 53.9 Å². The van der Waals surface area contributed by atoms with Gasteiger partial charge >= 0.3 is 0 Å². The Hall–Kier alpha value is -2.18. The summed E-state index contributed by atoms with van der Waals surface area (Å²) in [5.41, 5.74) is 1.78. The second kappa shape index (κ2) is 9.67. The molecule has 0 spiro atoms. The van der Waals surface area contributed by atoms with Crippen molar-refractivity contribution >= 4 is 17.8 Å². The highest BCUT2D eigenvalue weighted by atomic mass is 16.2. The fraction of sp³-hybridized carbons (Fsp3) is 0.700. The Kier molecular flexibility index (Phi) is 7.56. The van der Waals surface area contributed by atoms with Crippen molar-refractivity contribution in [2.24, 2.45) is 0 Å². The van der Waals surface area contributed by atoms with Crippen LogP contribution in [0, 0.1) is 6.92 Å². The van der Waals surface area contributed by atoms with Crippen LogP contribution in [-0.2, 0) is 9.59 Å². The van der Waals surface area contributed by atoms with Gasteiger partial charge in [0.05, 0.1) is 6.04 Å². The van der Waals surface area contributed by atoms with Crippen LogP contribution in [0.5, 0.6) is 0 Å². The van der Waals surface area contributed by atoms with Gasteiger partial charge in [-0.05, 0) is 26.7 Å². The molecule has 2 rings (SSSR count). The minimum atomic E-state index is -0.194. The molecule has 1 N–H and O–H groups in total. The molecule has 1 aromatic heterocycles. The van der Waals surface area contributed by atoms with Gasteiger partial charge in [-0.2, -0.15) is 0 Å².